The Hall–Kier alpha value is -2.75. The minimum absolute atomic E-state index is 0.0867. The van der Waals surface area contributed by atoms with Gasteiger partial charge in [-0.05, 0) is 37.1 Å². The number of amides is 1. The zero-order valence-electron chi connectivity index (χ0n) is 15.4. The maximum Gasteiger partial charge on any atom is 0.306 e. The third-order valence-corrected chi connectivity index (χ3v) is 4.98. The molecular weight excluding hydrogens is 351 g/mol. The number of benzene rings is 1. The predicted octanol–water partition coefficient (Wildman–Crippen LogP) is 3.02. The molecule has 1 aromatic rings. The van der Waals surface area contributed by atoms with Crippen molar-refractivity contribution in [3.63, 3.8) is 0 Å². The molecule has 2 rings (SSSR count). The van der Waals surface area contributed by atoms with Crippen LogP contribution in [0.15, 0.2) is 24.3 Å². The third-order valence-electron chi connectivity index (χ3n) is 4.98. The number of likely N-dealkylation sites (N-methyl/N-ethyl adjacent to an activating group) is 1. The summed E-state index contributed by atoms with van der Waals surface area (Å²) >= 11 is 0. The van der Waals surface area contributed by atoms with E-state index in [2.05, 4.69) is 6.07 Å². The summed E-state index contributed by atoms with van der Waals surface area (Å²) < 4.78 is 17.8. The maximum atomic E-state index is 12.9. The van der Waals surface area contributed by atoms with E-state index in [0.29, 0.717) is 18.4 Å². The molecule has 6 nitrogen and oxygen atoms in total. The van der Waals surface area contributed by atoms with E-state index < -0.39 is 29.8 Å². The van der Waals surface area contributed by atoms with Gasteiger partial charge >= 0.3 is 5.97 Å². The number of nitrogens with zero attached hydrogens (tertiary/aromatic N) is 2. The van der Waals surface area contributed by atoms with Crippen LogP contribution in [-0.4, -0.2) is 41.8 Å². The molecule has 0 saturated heterocycles. The lowest BCUT2D eigenvalue weighted by atomic mass is 9.81. The Kier molecular flexibility index (Phi) is 7.05. The number of carbonyl (C=O) groups is 3. The summed E-state index contributed by atoms with van der Waals surface area (Å²) in [5, 5.41) is 9.50. The molecule has 1 amide bonds. The van der Waals surface area contributed by atoms with E-state index in [1.807, 2.05) is 0 Å². The van der Waals surface area contributed by atoms with E-state index in [9.17, 15) is 24.0 Å². The number of hydrogen-bond acceptors (Lipinski definition) is 5. The third kappa shape index (κ3) is 5.36. The summed E-state index contributed by atoms with van der Waals surface area (Å²) in [6.07, 6.45) is 3.79. The lowest BCUT2D eigenvalue weighted by Crippen LogP contribution is -2.51. The molecule has 7 heteroatoms. The standard InChI is InChI=1S/C20H23FN2O4/c1-23(20(14-22)11-3-2-4-12-20)18(25)13-27-19(26)10-9-17(24)15-5-7-16(21)8-6-15/h5-8H,2-4,9-13H2,1H3. The van der Waals surface area contributed by atoms with Gasteiger partial charge in [0.05, 0.1) is 12.5 Å². The first-order valence-corrected chi connectivity index (χ1v) is 9.00. The normalized spacial score (nSPS) is 15.4. The summed E-state index contributed by atoms with van der Waals surface area (Å²) in [7, 11) is 1.56. The number of rotatable bonds is 7. The molecule has 0 radical (unpaired) electrons. The lowest BCUT2D eigenvalue weighted by molar-refractivity contribution is -0.153. The molecule has 0 spiro atoms. The van der Waals surface area contributed by atoms with E-state index in [-0.39, 0.29) is 18.6 Å². The first-order chi connectivity index (χ1) is 12.9. The van der Waals surface area contributed by atoms with Crippen molar-refractivity contribution in [2.75, 3.05) is 13.7 Å². The largest absolute Gasteiger partial charge is 0.456 e. The fraction of sp³-hybridized carbons (Fsp3) is 0.500. The Labute approximate surface area is 157 Å². The van der Waals surface area contributed by atoms with Crippen molar-refractivity contribution in [1.29, 1.82) is 5.26 Å². The highest BCUT2D eigenvalue weighted by molar-refractivity contribution is 5.97. The summed E-state index contributed by atoms with van der Waals surface area (Å²) in [5.74, 6) is -1.85. The molecule has 0 atom stereocenters. The fourth-order valence-corrected chi connectivity index (χ4v) is 3.20. The summed E-state index contributed by atoms with van der Waals surface area (Å²) in [5.41, 5.74) is -0.520. The Morgan fingerprint density at radius 3 is 2.37 bits per heavy atom. The smallest absolute Gasteiger partial charge is 0.306 e. The van der Waals surface area contributed by atoms with Crippen LogP contribution >= 0.6 is 0 Å². The van der Waals surface area contributed by atoms with Crippen molar-refractivity contribution < 1.29 is 23.5 Å². The average molecular weight is 374 g/mol. The van der Waals surface area contributed by atoms with Gasteiger partial charge in [0.15, 0.2) is 12.4 Å². The predicted molar refractivity (Wildman–Crippen MR) is 95.1 cm³/mol. The number of hydrogen-bond donors (Lipinski definition) is 0. The highest BCUT2D eigenvalue weighted by Gasteiger charge is 2.38. The van der Waals surface area contributed by atoms with Gasteiger partial charge in [-0.2, -0.15) is 5.26 Å². The van der Waals surface area contributed by atoms with Gasteiger partial charge in [-0.3, -0.25) is 14.4 Å². The van der Waals surface area contributed by atoms with Gasteiger partial charge in [-0.25, -0.2) is 4.39 Å². The van der Waals surface area contributed by atoms with Crippen LogP contribution in [0.5, 0.6) is 0 Å². The van der Waals surface area contributed by atoms with Crippen molar-refractivity contribution in [3.8, 4) is 6.07 Å². The first-order valence-electron chi connectivity index (χ1n) is 9.00. The molecule has 27 heavy (non-hydrogen) atoms. The molecule has 0 heterocycles. The molecule has 1 saturated carbocycles. The highest BCUT2D eigenvalue weighted by atomic mass is 19.1. The summed E-state index contributed by atoms with van der Waals surface area (Å²) in [4.78, 5) is 37.4. The molecule has 0 aliphatic heterocycles. The number of ketones is 1. The van der Waals surface area contributed by atoms with E-state index in [1.54, 1.807) is 7.05 Å². The van der Waals surface area contributed by atoms with E-state index in [1.165, 1.54) is 29.2 Å². The Morgan fingerprint density at radius 1 is 1.15 bits per heavy atom. The molecule has 1 aliphatic carbocycles. The Balaban J connectivity index is 1.79. The minimum Gasteiger partial charge on any atom is -0.456 e. The van der Waals surface area contributed by atoms with Crippen LogP contribution in [0.1, 0.15) is 55.3 Å². The summed E-state index contributed by atoms with van der Waals surface area (Å²) in [6.45, 7) is -0.455. The molecule has 0 unspecified atom stereocenters. The van der Waals surface area contributed by atoms with Crippen LogP contribution in [0.4, 0.5) is 4.39 Å². The molecule has 1 fully saturated rings. The van der Waals surface area contributed by atoms with Crippen LogP contribution in [0.2, 0.25) is 0 Å². The zero-order valence-corrected chi connectivity index (χ0v) is 15.4. The van der Waals surface area contributed by atoms with Gasteiger partial charge in [0.25, 0.3) is 5.91 Å². The van der Waals surface area contributed by atoms with Crippen molar-refractivity contribution in [1.82, 2.24) is 4.90 Å². The van der Waals surface area contributed by atoms with Crippen LogP contribution in [0.25, 0.3) is 0 Å². The van der Waals surface area contributed by atoms with E-state index in [0.717, 1.165) is 19.3 Å². The molecule has 144 valence electrons. The maximum absolute atomic E-state index is 12.9. The first kappa shape index (κ1) is 20.6. The quantitative estimate of drug-likeness (QED) is 0.541. The van der Waals surface area contributed by atoms with Crippen molar-refractivity contribution in [2.45, 2.75) is 50.5 Å². The second-order valence-corrected chi connectivity index (χ2v) is 6.75. The van der Waals surface area contributed by atoms with Crippen LogP contribution in [0.3, 0.4) is 0 Å². The lowest BCUT2D eigenvalue weighted by Gasteiger charge is -2.38. The molecule has 1 aliphatic rings. The van der Waals surface area contributed by atoms with Crippen molar-refractivity contribution in [3.05, 3.63) is 35.6 Å². The van der Waals surface area contributed by atoms with Crippen LogP contribution in [0, 0.1) is 17.1 Å². The van der Waals surface area contributed by atoms with Gasteiger partial charge in [-0.1, -0.05) is 19.3 Å². The zero-order chi connectivity index (χ0) is 19.9. The van der Waals surface area contributed by atoms with Gasteiger partial charge in [-0.15, -0.1) is 0 Å². The van der Waals surface area contributed by atoms with Gasteiger partial charge in [0.1, 0.15) is 11.4 Å². The van der Waals surface area contributed by atoms with E-state index in [4.69, 9.17) is 4.74 Å². The second-order valence-electron chi connectivity index (χ2n) is 6.75. The number of nitriles is 1. The SMILES string of the molecule is CN(C(=O)COC(=O)CCC(=O)c1ccc(F)cc1)C1(C#N)CCCCC1. The number of ether oxygens (including phenoxy) is 1. The van der Waals surface area contributed by atoms with Crippen molar-refractivity contribution in [2.24, 2.45) is 0 Å². The summed E-state index contributed by atoms with van der Waals surface area (Å²) in [6, 6.07) is 7.30. The molecule has 0 bridgehead atoms. The van der Waals surface area contributed by atoms with Crippen LogP contribution < -0.4 is 0 Å². The van der Waals surface area contributed by atoms with Gasteiger partial charge in [0, 0.05) is 19.0 Å². The fourth-order valence-electron chi connectivity index (χ4n) is 3.20. The molecular formula is C20H23FN2O4. The number of carbonyl (C=O) groups excluding carboxylic acids is 3. The highest BCUT2D eigenvalue weighted by Crippen LogP contribution is 2.32. The molecule has 0 aromatic heterocycles. The monoisotopic (exact) mass is 374 g/mol. The molecule has 0 N–H and O–H groups in total. The molecule has 1 aromatic carbocycles. The minimum atomic E-state index is -0.833. The average Bonchev–Trinajstić information content (AvgIpc) is 2.70. The van der Waals surface area contributed by atoms with Gasteiger partial charge in [0.2, 0.25) is 0 Å². The van der Waals surface area contributed by atoms with E-state index >= 15 is 0 Å². The second kappa shape index (κ2) is 9.26. The Bertz CT molecular complexity index is 733. The number of Topliss-reactive ketones (excluding diaryl/α,β-unsaturated/α-hetero) is 1. The Morgan fingerprint density at radius 2 is 1.78 bits per heavy atom. The topological polar surface area (TPSA) is 87.5 Å². The van der Waals surface area contributed by atoms with Crippen molar-refractivity contribution >= 4 is 17.7 Å². The van der Waals surface area contributed by atoms with Crippen LogP contribution in [-0.2, 0) is 14.3 Å². The van der Waals surface area contributed by atoms with Gasteiger partial charge < -0.3 is 9.64 Å². The number of halogens is 1. The number of esters is 1.